The van der Waals surface area contributed by atoms with Gasteiger partial charge < -0.3 is 10.6 Å². The fraction of sp³-hybridized carbons (Fsp3) is 0.0556. The molecule has 0 aliphatic rings. The van der Waals surface area contributed by atoms with Gasteiger partial charge in [0.15, 0.2) is 0 Å². The quantitative estimate of drug-likeness (QED) is 0.522. The predicted octanol–water partition coefficient (Wildman–Crippen LogP) is 3.25. The number of rotatable bonds is 6. The zero-order chi connectivity index (χ0) is 18.4. The molecule has 0 bridgehead atoms. The number of pyridine rings is 2. The predicted molar refractivity (Wildman–Crippen MR) is 96.9 cm³/mol. The van der Waals surface area contributed by atoms with Gasteiger partial charge in [0.25, 0.3) is 11.6 Å². The molecule has 0 saturated heterocycles. The molecule has 0 atom stereocenters. The summed E-state index contributed by atoms with van der Waals surface area (Å²) in [7, 11) is 0. The molecule has 0 saturated carbocycles. The first-order valence-corrected chi connectivity index (χ1v) is 7.76. The molecule has 2 heterocycles. The molecule has 8 nitrogen and oxygen atoms in total. The molecule has 0 unspecified atom stereocenters. The lowest BCUT2D eigenvalue weighted by molar-refractivity contribution is -0.385. The highest BCUT2D eigenvalue weighted by atomic mass is 16.6. The molecule has 3 rings (SSSR count). The van der Waals surface area contributed by atoms with Gasteiger partial charge >= 0.3 is 0 Å². The first kappa shape index (κ1) is 17.0. The van der Waals surface area contributed by atoms with Crippen molar-refractivity contribution in [3.63, 3.8) is 0 Å². The molecule has 0 fully saturated rings. The fourth-order valence-electron chi connectivity index (χ4n) is 2.20. The maximum absolute atomic E-state index is 12.2. The van der Waals surface area contributed by atoms with Crippen LogP contribution in [0.1, 0.15) is 15.9 Å². The van der Waals surface area contributed by atoms with E-state index in [1.807, 2.05) is 12.1 Å². The number of anilines is 2. The van der Waals surface area contributed by atoms with Gasteiger partial charge in [-0.1, -0.05) is 12.1 Å². The summed E-state index contributed by atoms with van der Waals surface area (Å²) >= 11 is 0. The van der Waals surface area contributed by atoms with Crippen LogP contribution < -0.4 is 10.6 Å². The summed E-state index contributed by atoms with van der Waals surface area (Å²) in [5.41, 5.74) is 2.12. The van der Waals surface area contributed by atoms with Crippen LogP contribution in [0.2, 0.25) is 0 Å². The Morgan fingerprint density at radius 3 is 2.38 bits per heavy atom. The zero-order valence-corrected chi connectivity index (χ0v) is 13.6. The number of aromatic nitrogens is 2. The van der Waals surface area contributed by atoms with Gasteiger partial charge in [0, 0.05) is 36.3 Å². The number of carbonyl (C=O) groups is 1. The standard InChI is InChI=1S/C18H15N5O3/c24-18(22-15-7-9-19-10-8-15)14-3-1-13(2-4-14)11-20-17-6-5-16(12-21-17)23(25)26/h1-10,12H,11H2,(H,20,21)(H,19,22,24). The summed E-state index contributed by atoms with van der Waals surface area (Å²) in [6.45, 7) is 0.483. The van der Waals surface area contributed by atoms with Crippen molar-refractivity contribution in [2.24, 2.45) is 0 Å². The Hall–Kier alpha value is -3.81. The second-order valence-corrected chi connectivity index (χ2v) is 5.40. The van der Waals surface area contributed by atoms with Crippen LogP contribution in [0.3, 0.4) is 0 Å². The molecular formula is C18H15N5O3. The lowest BCUT2D eigenvalue weighted by atomic mass is 10.1. The summed E-state index contributed by atoms with van der Waals surface area (Å²) in [6, 6.07) is 13.5. The van der Waals surface area contributed by atoms with Crippen molar-refractivity contribution < 1.29 is 9.72 Å². The molecule has 3 aromatic rings. The van der Waals surface area contributed by atoms with Crippen molar-refractivity contribution in [3.8, 4) is 0 Å². The topological polar surface area (TPSA) is 110 Å². The van der Waals surface area contributed by atoms with Crippen molar-refractivity contribution in [2.75, 3.05) is 10.6 Å². The van der Waals surface area contributed by atoms with E-state index >= 15 is 0 Å². The highest BCUT2D eigenvalue weighted by Crippen LogP contribution is 2.14. The Labute approximate surface area is 149 Å². The van der Waals surface area contributed by atoms with E-state index in [0.717, 1.165) is 5.56 Å². The lowest BCUT2D eigenvalue weighted by Gasteiger charge is -2.07. The summed E-state index contributed by atoms with van der Waals surface area (Å²) in [6.07, 6.45) is 4.42. The molecule has 8 heteroatoms. The van der Waals surface area contributed by atoms with Gasteiger partial charge in [0.2, 0.25) is 0 Å². The molecular weight excluding hydrogens is 334 g/mol. The number of benzene rings is 1. The number of nitrogens with zero attached hydrogens (tertiary/aromatic N) is 3. The number of nitro groups is 1. The lowest BCUT2D eigenvalue weighted by Crippen LogP contribution is -2.12. The highest BCUT2D eigenvalue weighted by molar-refractivity contribution is 6.04. The number of nitrogens with one attached hydrogen (secondary N) is 2. The van der Waals surface area contributed by atoms with Crippen molar-refractivity contribution >= 4 is 23.1 Å². The van der Waals surface area contributed by atoms with Crippen LogP contribution in [-0.2, 0) is 6.54 Å². The molecule has 1 aromatic carbocycles. The highest BCUT2D eigenvalue weighted by Gasteiger charge is 2.07. The number of hydrogen-bond acceptors (Lipinski definition) is 6. The van der Waals surface area contributed by atoms with Crippen LogP contribution in [0.25, 0.3) is 0 Å². The van der Waals surface area contributed by atoms with Gasteiger partial charge in [-0.05, 0) is 35.9 Å². The number of hydrogen-bond donors (Lipinski definition) is 2. The van der Waals surface area contributed by atoms with E-state index in [9.17, 15) is 14.9 Å². The van der Waals surface area contributed by atoms with Crippen molar-refractivity contribution in [1.29, 1.82) is 0 Å². The summed E-state index contributed by atoms with van der Waals surface area (Å²) < 4.78 is 0. The molecule has 0 spiro atoms. The van der Waals surface area contributed by atoms with Gasteiger partial charge in [0.05, 0.1) is 4.92 Å². The summed E-state index contributed by atoms with van der Waals surface area (Å²) in [5.74, 6) is 0.336. The third kappa shape index (κ3) is 4.38. The number of carbonyl (C=O) groups excluding carboxylic acids is 1. The van der Waals surface area contributed by atoms with Gasteiger partial charge in [-0.2, -0.15) is 0 Å². The molecule has 26 heavy (non-hydrogen) atoms. The van der Waals surface area contributed by atoms with Crippen LogP contribution in [0.5, 0.6) is 0 Å². The average Bonchev–Trinajstić information content (AvgIpc) is 2.68. The summed E-state index contributed by atoms with van der Waals surface area (Å²) in [4.78, 5) is 30.2. The minimum Gasteiger partial charge on any atom is -0.366 e. The van der Waals surface area contributed by atoms with Gasteiger partial charge in [0.1, 0.15) is 12.0 Å². The minimum atomic E-state index is -0.494. The molecule has 0 aliphatic heterocycles. The van der Waals surface area contributed by atoms with E-state index < -0.39 is 4.92 Å². The van der Waals surface area contributed by atoms with Gasteiger partial charge in [-0.25, -0.2) is 4.98 Å². The van der Waals surface area contributed by atoms with Crippen LogP contribution in [0.15, 0.2) is 67.1 Å². The monoisotopic (exact) mass is 349 g/mol. The van der Waals surface area contributed by atoms with Crippen LogP contribution >= 0.6 is 0 Å². The van der Waals surface area contributed by atoms with Crippen LogP contribution in [-0.4, -0.2) is 20.8 Å². The van der Waals surface area contributed by atoms with E-state index in [4.69, 9.17) is 0 Å². The third-order valence-corrected chi connectivity index (χ3v) is 3.59. The average molecular weight is 349 g/mol. The normalized spacial score (nSPS) is 10.2. The molecule has 130 valence electrons. The van der Waals surface area contributed by atoms with Gasteiger partial charge in [-0.15, -0.1) is 0 Å². The maximum atomic E-state index is 12.2. The smallest absolute Gasteiger partial charge is 0.287 e. The molecule has 2 aromatic heterocycles. The van der Waals surface area contributed by atoms with E-state index in [1.165, 1.54) is 12.3 Å². The van der Waals surface area contributed by atoms with Crippen LogP contribution in [0, 0.1) is 10.1 Å². The minimum absolute atomic E-state index is 0.0555. The van der Waals surface area contributed by atoms with Crippen molar-refractivity contribution in [2.45, 2.75) is 6.54 Å². The molecule has 1 amide bonds. The Morgan fingerprint density at radius 2 is 1.77 bits per heavy atom. The second kappa shape index (κ2) is 7.84. The van der Waals surface area contributed by atoms with E-state index in [0.29, 0.717) is 23.6 Å². The Bertz CT molecular complexity index is 896. The fourth-order valence-corrected chi connectivity index (χ4v) is 2.20. The van der Waals surface area contributed by atoms with E-state index in [-0.39, 0.29) is 11.6 Å². The molecule has 0 aliphatic carbocycles. The molecule has 0 radical (unpaired) electrons. The Balaban J connectivity index is 1.57. The SMILES string of the molecule is O=C(Nc1ccncc1)c1ccc(CNc2ccc([N+](=O)[O-])cn2)cc1. The van der Waals surface area contributed by atoms with Gasteiger partial charge in [-0.3, -0.25) is 19.9 Å². The number of amides is 1. The Kier molecular flexibility index (Phi) is 5.14. The van der Waals surface area contributed by atoms with Crippen LogP contribution in [0.4, 0.5) is 17.2 Å². The molecule has 2 N–H and O–H groups in total. The summed E-state index contributed by atoms with van der Waals surface area (Å²) in [5, 5.41) is 16.5. The van der Waals surface area contributed by atoms with E-state index in [1.54, 1.807) is 42.7 Å². The maximum Gasteiger partial charge on any atom is 0.287 e. The first-order chi connectivity index (χ1) is 12.6. The third-order valence-electron chi connectivity index (χ3n) is 3.59. The second-order valence-electron chi connectivity index (χ2n) is 5.40. The van der Waals surface area contributed by atoms with E-state index in [2.05, 4.69) is 20.6 Å². The van der Waals surface area contributed by atoms with Crippen molar-refractivity contribution in [1.82, 2.24) is 9.97 Å². The zero-order valence-electron chi connectivity index (χ0n) is 13.6. The largest absolute Gasteiger partial charge is 0.366 e. The Morgan fingerprint density at radius 1 is 1.04 bits per heavy atom. The first-order valence-electron chi connectivity index (χ1n) is 7.76. The van der Waals surface area contributed by atoms with Crippen molar-refractivity contribution in [3.05, 3.63) is 88.4 Å².